The van der Waals surface area contributed by atoms with Crippen molar-refractivity contribution in [2.24, 2.45) is 5.10 Å². The summed E-state index contributed by atoms with van der Waals surface area (Å²) < 4.78 is 0. The third kappa shape index (κ3) is 2.18. The monoisotopic (exact) mass is 257 g/mol. The predicted molar refractivity (Wildman–Crippen MR) is 76.0 cm³/mol. The maximum Gasteiger partial charge on any atom is 0.205 e. The Morgan fingerprint density at radius 2 is 2.33 bits per heavy atom. The molecule has 0 saturated carbocycles. The fourth-order valence-corrected chi connectivity index (χ4v) is 2.20. The summed E-state index contributed by atoms with van der Waals surface area (Å²) in [5.74, 6) is 0.506. The molecule has 90 valence electrons. The summed E-state index contributed by atoms with van der Waals surface area (Å²) in [7, 11) is 0. The molecule has 0 radical (unpaired) electrons. The summed E-state index contributed by atoms with van der Waals surface area (Å²) in [5, 5.41) is 7.74. The molecule has 0 aliphatic carbocycles. The van der Waals surface area contributed by atoms with Gasteiger partial charge in [0.1, 0.15) is 5.82 Å². The van der Waals surface area contributed by atoms with E-state index in [1.807, 2.05) is 24.4 Å². The van der Waals surface area contributed by atoms with Crippen molar-refractivity contribution in [1.82, 2.24) is 9.97 Å². The van der Waals surface area contributed by atoms with Crippen LogP contribution in [-0.2, 0) is 0 Å². The lowest BCUT2D eigenvalue weighted by Gasteiger charge is -1.95. The lowest BCUT2D eigenvalue weighted by Crippen LogP contribution is -1.91. The summed E-state index contributed by atoms with van der Waals surface area (Å²) >= 11 is 1.42. The van der Waals surface area contributed by atoms with Gasteiger partial charge in [-0.2, -0.15) is 5.10 Å². The topological polar surface area (TPSA) is 79.1 Å². The Hall–Kier alpha value is -2.34. The van der Waals surface area contributed by atoms with Gasteiger partial charge >= 0.3 is 0 Å². The SMILES string of the molecule is Nc1csc(NN=Cc2ccc3[nH]ccc3c2)n1. The molecule has 1 aromatic carbocycles. The average Bonchev–Trinajstić information content (AvgIpc) is 2.97. The summed E-state index contributed by atoms with van der Waals surface area (Å²) in [6.07, 6.45) is 3.67. The van der Waals surface area contributed by atoms with Crippen LogP contribution in [0.15, 0.2) is 40.9 Å². The highest BCUT2D eigenvalue weighted by molar-refractivity contribution is 7.14. The Labute approximate surface area is 107 Å². The van der Waals surface area contributed by atoms with E-state index in [1.54, 1.807) is 11.6 Å². The number of nitrogen functional groups attached to an aromatic ring is 1. The smallest absolute Gasteiger partial charge is 0.205 e. The number of nitrogens with one attached hydrogen (secondary N) is 2. The maximum atomic E-state index is 5.52. The second kappa shape index (κ2) is 4.50. The highest BCUT2D eigenvalue weighted by Gasteiger charge is 1.96. The Balaban J connectivity index is 1.75. The quantitative estimate of drug-likeness (QED) is 0.498. The molecule has 4 N–H and O–H groups in total. The van der Waals surface area contributed by atoms with E-state index in [0.29, 0.717) is 10.9 Å². The fraction of sp³-hybridized carbons (Fsp3) is 0. The van der Waals surface area contributed by atoms with E-state index in [1.165, 1.54) is 11.3 Å². The molecule has 3 rings (SSSR count). The number of hydrogen-bond acceptors (Lipinski definition) is 5. The van der Waals surface area contributed by atoms with Gasteiger partial charge in [0.15, 0.2) is 0 Å². The van der Waals surface area contributed by atoms with Gasteiger partial charge in [0.2, 0.25) is 5.13 Å². The zero-order valence-corrected chi connectivity index (χ0v) is 10.2. The van der Waals surface area contributed by atoms with Gasteiger partial charge in [-0.3, -0.25) is 5.43 Å². The number of aromatic nitrogens is 2. The summed E-state index contributed by atoms with van der Waals surface area (Å²) in [4.78, 5) is 7.20. The van der Waals surface area contributed by atoms with Crippen LogP contribution in [0.1, 0.15) is 5.56 Å². The molecule has 0 aliphatic rings. The van der Waals surface area contributed by atoms with Crippen molar-refractivity contribution in [3.63, 3.8) is 0 Å². The Kier molecular flexibility index (Phi) is 2.70. The molecular formula is C12H11N5S. The van der Waals surface area contributed by atoms with E-state index >= 15 is 0 Å². The maximum absolute atomic E-state index is 5.52. The number of H-pyrrole nitrogens is 1. The van der Waals surface area contributed by atoms with Crippen LogP contribution in [0.5, 0.6) is 0 Å². The minimum Gasteiger partial charge on any atom is -0.383 e. The molecule has 0 amide bonds. The van der Waals surface area contributed by atoms with Gasteiger partial charge in [-0.1, -0.05) is 6.07 Å². The van der Waals surface area contributed by atoms with E-state index in [-0.39, 0.29) is 0 Å². The first-order valence-corrected chi connectivity index (χ1v) is 6.26. The van der Waals surface area contributed by atoms with Gasteiger partial charge in [-0.25, -0.2) is 4.98 Å². The molecule has 0 bridgehead atoms. The molecule has 2 heterocycles. The molecule has 0 unspecified atom stereocenters. The van der Waals surface area contributed by atoms with E-state index < -0.39 is 0 Å². The third-order valence-corrected chi connectivity index (χ3v) is 3.24. The van der Waals surface area contributed by atoms with Gasteiger partial charge in [-0.15, -0.1) is 11.3 Å². The lowest BCUT2D eigenvalue weighted by molar-refractivity contribution is 1.29. The largest absolute Gasteiger partial charge is 0.383 e. The molecule has 18 heavy (non-hydrogen) atoms. The Morgan fingerprint density at radius 3 is 3.17 bits per heavy atom. The number of hydrogen-bond donors (Lipinski definition) is 3. The van der Waals surface area contributed by atoms with Gasteiger partial charge < -0.3 is 10.7 Å². The number of hydrazone groups is 1. The molecule has 5 nitrogen and oxygen atoms in total. The number of benzene rings is 1. The first-order chi connectivity index (χ1) is 8.81. The molecule has 0 atom stereocenters. The minimum atomic E-state index is 0.506. The molecule has 0 spiro atoms. The second-order valence-corrected chi connectivity index (χ2v) is 4.63. The number of anilines is 2. The van der Waals surface area contributed by atoms with Gasteiger partial charge in [0, 0.05) is 17.1 Å². The number of aromatic amines is 1. The molecule has 0 fully saturated rings. The van der Waals surface area contributed by atoms with Gasteiger partial charge in [0.25, 0.3) is 0 Å². The first kappa shape index (κ1) is 10.8. The summed E-state index contributed by atoms with van der Waals surface area (Å²) in [5.41, 5.74) is 10.5. The van der Waals surface area contributed by atoms with Crippen molar-refractivity contribution in [1.29, 1.82) is 0 Å². The molecule has 0 aliphatic heterocycles. The van der Waals surface area contributed by atoms with Crippen molar-refractivity contribution in [3.05, 3.63) is 41.4 Å². The normalized spacial score (nSPS) is 11.3. The van der Waals surface area contributed by atoms with Crippen LogP contribution in [0.3, 0.4) is 0 Å². The van der Waals surface area contributed by atoms with E-state index in [4.69, 9.17) is 5.73 Å². The zero-order valence-electron chi connectivity index (χ0n) is 9.42. The van der Waals surface area contributed by atoms with Crippen LogP contribution in [-0.4, -0.2) is 16.2 Å². The molecule has 2 aromatic heterocycles. The highest BCUT2D eigenvalue weighted by Crippen LogP contribution is 2.16. The predicted octanol–water partition coefficient (Wildman–Crippen LogP) is 2.65. The molecule has 3 aromatic rings. The van der Waals surface area contributed by atoms with Crippen LogP contribution < -0.4 is 11.2 Å². The standard InChI is InChI=1S/C12H11N5S/c13-11-7-18-12(16-11)17-15-6-8-1-2-10-9(5-8)3-4-14-10/h1-7,14H,13H2,(H,16,17). The van der Waals surface area contributed by atoms with Gasteiger partial charge in [0.05, 0.1) is 6.21 Å². The van der Waals surface area contributed by atoms with Crippen LogP contribution >= 0.6 is 11.3 Å². The Bertz CT molecular complexity index is 697. The fourth-order valence-electron chi connectivity index (χ4n) is 1.65. The summed E-state index contributed by atoms with van der Waals surface area (Å²) in [6, 6.07) is 8.12. The number of fused-ring (bicyclic) bond motifs is 1. The van der Waals surface area contributed by atoms with Crippen molar-refractivity contribution in [2.45, 2.75) is 0 Å². The summed E-state index contributed by atoms with van der Waals surface area (Å²) in [6.45, 7) is 0. The average molecular weight is 257 g/mol. The van der Waals surface area contributed by atoms with E-state index in [2.05, 4.69) is 26.6 Å². The van der Waals surface area contributed by atoms with Crippen molar-refractivity contribution < 1.29 is 0 Å². The first-order valence-electron chi connectivity index (χ1n) is 5.38. The van der Waals surface area contributed by atoms with E-state index in [9.17, 15) is 0 Å². The van der Waals surface area contributed by atoms with Crippen molar-refractivity contribution in [2.75, 3.05) is 11.2 Å². The van der Waals surface area contributed by atoms with Crippen LogP contribution in [0.25, 0.3) is 10.9 Å². The number of nitrogens with two attached hydrogens (primary N) is 1. The third-order valence-electron chi connectivity index (χ3n) is 2.47. The zero-order chi connectivity index (χ0) is 12.4. The number of rotatable bonds is 3. The van der Waals surface area contributed by atoms with Crippen molar-refractivity contribution >= 4 is 39.4 Å². The minimum absolute atomic E-state index is 0.506. The van der Waals surface area contributed by atoms with E-state index in [0.717, 1.165) is 16.5 Å². The molecule has 6 heteroatoms. The van der Waals surface area contributed by atoms with Crippen molar-refractivity contribution in [3.8, 4) is 0 Å². The van der Waals surface area contributed by atoms with Crippen LogP contribution in [0.2, 0.25) is 0 Å². The van der Waals surface area contributed by atoms with Crippen LogP contribution in [0, 0.1) is 0 Å². The molecular weight excluding hydrogens is 246 g/mol. The molecule has 0 saturated heterocycles. The number of nitrogens with zero attached hydrogens (tertiary/aromatic N) is 2. The van der Waals surface area contributed by atoms with Gasteiger partial charge in [-0.05, 0) is 29.1 Å². The Morgan fingerprint density at radius 1 is 1.39 bits per heavy atom. The van der Waals surface area contributed by atoms with Crippen LogP contribution in [0.4, 0.5) is 10.9 Å². The second-order valence-electron chi connectivity index (χ2n) is 3.77. The lowest BCUT2D eigenvalue weighted by atomic mass is 10.2. The number of thiazole rings is 1. The highest BCUT2D eigenvalue weighted by atomic mass is 32.1.